The highest BCUT2D eigenvalue weighted by atomic mass is 32.2. The second-order valence-corrected chi connectivity index (χ2v) is 10.1. The van der Waals surface area contributed by atoms with E-state index in [1.165, 1.54) is 18.1 Å². The molecule has 10 nitrogen and oxygen atoms in total. The van der Waals surface area contributed by atoms with E-state index in [1.54, 1.807) is 37.3 Å². The fraction of sp³-hybridized carbons (Fsp3) is 0.417. The summed E-state index contributed by atoms with van der Waals surface area (Å²) < 4.78 is 42.2. The number of amides is 2. The molecule has 1 aliphatic heterocycles. The van der Waals surface area contributed by atoms with Crippen LogP contribution in [0.25, 0.3) is 0 Å². The van der Waals surface area contributed by atoms with Crippen molar-refractivity contribution in [2.24, 2.45) is 0 Å². The molecular formula is C24H31N3O7S. The van der Waals surface area contributed by atoms with Gasteiger partial charge in [0.05, 0.1) is 19.1 Å². The number of benzene rings is 2. The van der Waals surface area contributed by atoms with Crippen LogP contribution in [0.3, 0.4) is 0 Å². The number of nitrogens with zero attached hydrogens (tertiary/aromatic N) is 2. The van der Waals surface area contributed by atoms with Crippen LogP contribution in [0.1, 0.15) is 25.8 Å². The molecule has 0 radical (unpaired) electrons. The smallest absolute Gasteiger partial charge is 0.244 e. The van der Waals surface area contributed by atoms with Crippen LogP contribution in [-0.2, 0) is 26.2 Å². The highest BCUT2D eigenvalue weighted by Crippen LogP contribution is 2.36. The van der Waals surface area contributed by atoms with Crippen molar-refractivity contribution in [2.45, 2.75) is 32.9 Å². The number of carbonyl (C=O) groups excluding carboxylic acids is 2. The Morgan fingerprint density at radius 3 is 2.57 bits per heavy atom. The molecule has 1 atom stereocenters. The lowest BCUT2D eigenvalue weighted by atomic mass is 10.1. The summed E-state index contributed by atoms with van der Waals surface area (Å²) in [6, 6.07) is 11.0. The Balaban J connectivity index is 1.91. The molecule has 2 aromatic rings. The first kappa shape index (κ1) is 26.1. The SMILES string of the molecule is CCCNC(=O)C(C)N(Cc1cccc(OC)c1)C(=O)CN(c1ccc2c(c1)OCO2)S(C)(=O)=O. The van der Waals surface area contributed by atoms with Crippen LogP contribution in [0, 0.1) is 0 Å². The minimum Gasteiger partial charge on any atom is -0.497 e. The second-order valence-electron chi connectivity index (χ2n) is 8.15. The van der Waals surface area contributed by atoms with Crippen molar-refractivity contribution in [3.63, 3.8) is 0 Å². The van der Waals surface area contributed by atoms with Crippen molar-refractivity contribution in [2.75, 3.05) is 37.6 Å². The normalized spacial score (nSPS) is 13.1. The van der Waals surface area contributed by atoms with E-state index >= 15 is 0 Å². The van der Waals surface area contributed by atoms with Gasteiger partial charge in [-0.15, -0.1) is 0 Å². The maximum atomic E-state index is 13.5. The molecule has 190 valence electrons. The number of ether oxygens (including phenoxy) is 3. The second kappa shape index (κ2) is 11.3. The van der Waals surface area contributed by atoms with Crippen LogP contribution >= 0.6 is 0 Å². The number of fused-ring (bicyclic) bond motifs is 1. The summed E-state index contributed by atoms with van der Waals surface area (Å²) in [5, 5.41) is 2.80. The van der Waals surface area contributed by atoms with Crippen LogP contribution in [0.2, 0.25) is 0 Å². The Hall–Kier alpha value is -3.47. The van der Waals surface area contributed by atoms with Gasteiger partial charge in [0.15, 0.2) is 11.5 Å². The van der Waals surface area contributed by atoms with Crippen LogP contribution in [0.5, 0.6) is 17.2 Å². The minimum absolute atomic E-state index is 0.0370. The summed E-state index contributed by atoms with van der Waals surface area (Å²) in [6.07, 6.45) is 1.77. The third-order valence-electron chi connectivity index (χ3n) is 5.53. The number of methoxy groups -OCH3 is 1. The molecule has 1 N–H and O–H groups in total. The van der Waals surface area contributed by atoms with Crippen molar-refractivity contribution in [1.29, 1.82) is 0 Å². The van der Waals surface area contributed by atoms with Gasteiger partial charge in [-0.25, -0.2) is 8.42 Å². The van der Waals surface area contributed by atoms with E-state index in [4.69, 9.17) is 14.2 Å². The van der Waals surface area contributed by atoms with Gasteiger partial charge in [-0.2, -0.15) is 0 Å². The van der Waals surface area contributed by atoms with Crippen molar-refractivity contribution in [3.8, 4) is 17.2 Å². The summed E-state index contributed by atoms with van der Waals surface area (Å²) in [5.41, 5.74) is 0.997. The predicted octanol–water partition coefficient (Wildman–Crippen LogP) is 2.13. The van der Waals surface area contributed by atoms with Crippen molar-refractivity contribution in [3.05, 3.63) is 48.0 Å². The number of carbonyl (C=O) groups is 2. The summed E-state index contributed by atoms with van der Waals surface area (Å²) >= 11 is 0. The van der Waals surface area contributed by atoms with Gasteiger partial charge in [0, 0.05) is 19.2 Å². The molecule has 3 rings (SSSR count). The Bertz CT molecular complexity index is 1170. The van der Waals surface area contributed by atoms with Crippen LogP contribution in [0.4, 0.5) is 5.69 Å². The van der Waals surface area contributed by atoms with Crippen LogP contribution in [0.15, 0.2) is 42.5 Å². The molecule has 0 bridgehead atoms. The molecule has 0 saturated heterocycles. The van der Waals surface area contributed by atoms with Gasteiger partial charge in [-0.3, -0.25) is 13.9 Å². The van der Waals surface area contributed by atoms with E-state index in [2.05, 4.69) is 5.32 Å². The molecule has 0 spiro atoms. The standard InChI is InChI=1S/C24H31N3O7S/c1-5-11-25-24(29)17(2)26(14-18-7-6-8-20(12-18)32-3)23(28)15-27(35(4,30)31)19-9-10-21-22(13-19)34-16-33-21/h6-10,12-13,17H,5,11,14-16H2,1-4H3,(H,25,29). The average molecular weight is 506 g/mol. The fourth-order valence-corrected chi connectivity index (χ4v) is 4.44. The first-order valence-electron chi connectivity index (χ1n) is 11.2. The number of hydrogen-bond acceptors (Lipinski definition) is 7. The van der Waals surface area contributed by atoms with Crippen molar-refractivity contribution < 1.29 is 32.2 Å². The van der Waals surface area contributed by atoms with E-state index in [0.29, 0.717) is 23.8 Å². The zero-order chi connectivity index (χ0) is 25.6. The van der Waals surface area contributed by atoms with E-state index in [1.807, 2.05) is 13.0 Å². The zero-order valence-electron chi connectivity index (χ0n) is 20.3. The van der Waals surface area contributed by atoms with Gasteiger partial charge >= 0.3 is 0 Å². The molecule has 2 aromatic carbocycles. The third kappa shape index (κ3) is 6.56. The Morgan fingerprint density at radius 1 is 1.14 bits per heavy atom. The molecule has 1 aliphatic rings. The molecule has 0 saturated carbocycles. The lowest BCUT2D eigenvalue weighted by Gasteiger charge is -2.31. The molecule has 0 fully saturated rings. The molecule has 2 amide bonds. The Morgan fingerprint density at radius 2 is 1.89 bits per heavy atom. The highest BCUT2D eigenvalue weighted by molar-refractivity contribution is 7.92. The Kier molecular flexibility index (Phi) is 8.44. The first-order valence-corrected chi connectivity index (χ1v) is 13.1. The van der Waals surface area contributed by atoms with E-state index in [0.717, 1.165) is 22.5 Å². The van der Waals surface area contributed by atoms with Gasteiger partial charge in [0.25, 0.3) is 0 Å². The summed E-state index contributed by atoms with van der Waals surface area (Å²) in [4.78, 5) is 27.7. The van der Waals surface area contributed by atoms with Crippen molar-refractivity contribution in [1.82, 2.24) is 10.2 Å². The molecule has 0 aromatic heterocycles. The van der Waals surface area contributed by atoms with Crippen LogP contribution in [-0.4, -0.2) is 64.4 Å². The summed E-state index contributed by atoms with van der Waals surface area (Å²) in [5.74, 6) is 0.641. The molecule has 11 heteroatoms. The quantitative estimate of drug-likeness (QED) is 0.498. The molecular weight excluding hydrogens is 474 g/mol. The van der Waals surface area contributed by atoms with E-state index in [9.17, 15) is 18.0 Å². The monoisotopic (exact) mass is 505 g/mol. The fourth-order valence-electron chi connectivity index (χ4n) is 3.60. The summed E-state index contributed by atoms with van der Waals surface area (Å²) in [6.45, 7) is 3.66. The maximum Gasteiger partial charge on any atom is 0.244 e. The highest BCUT2D eigenvalue weighted by Gasteiger charge is 2.30. The summed E-state index contributed by atoms with van der Waals surface area (Å²) in [7, 11) is -2.30. The maximum absolute atomic E-state index is 13.5. The Labute approximate surface area is 205 Å². The number of nitrogens with one attached hydrogen (secondary N) is 1. The minimum atomic E-state index is -3.84. The molecule has 1 heterocycles. The van der Waals surface area contributed by atoms with E-state index in [-0.39, 0.29) is 24.9 Å². The number of anilines is 1. The lowest BCUT2D eigenvalue weighted by Crippen LogP contribution is -2.51. The van der Waals surface area contributed by atoms with Crippen molar-refractivity contribution >= 4 is 27.5 Å². The van der Waals surface area contributed by atoms with Gasteiger partial charge in [0.2, 0.25) is 28.6 Å². The molecule has 0 aliphatic carbocycles. The number of sulfonamides is 1. The van der Waals surface area contributed by atoms with E-state index < -0.39 is 28.5 Å². The van der Waals surface area contributed by atoms with Gasteiger partial charge in [-0.1, -0.05) is 19.1 Å². The predicted molar refractivity (Wildman–Crippen MR) is 131 cm³/mol. The van der Waals surface area contributed by atoms with Gasteiger partial charge in [0.1, 0.15) is 18.3 Å². The molecule has 1 unspecified atom stereocenters. The largest absolute Gasteiger partial charge is 0.497 e. The molecule has 35 heavy (non-hydrogen) atoms. The number of hydrogen-bond donors (Lipinski definition) is 1. The van der Waals surface area contributed by atoms with Crippen LogP contribution < -0.4 is 23.8 Å². The van der Waals surface area contributed by atoms with Gasteiger partial charge in [-0.05, 0) is 43.2 Å². The number of rotatable bonds is 11. The third-order valence-corrected chi connectivity index (χ3v) is 6.67. The zero-order valence-corrected chi connectivity index (χ0v) is 21.1. The lowest BCUT2D eigenvalue weighted by molar-refractivity contribution is -0.139. The topological polar surface area (TPSA) is 114 Å². The first-order chi connectivity index (χ1) is 16.6. The van der Waals surface area contributed by atoms with Gasteiger partial charge < -0.3 is 24.4 Å². The average Bonchev–Trinajstić information content (AvgIpc) is 3.31.